The number of nitrogens with zero attached hydrogens (tertiary/aromatic N) is 1. The van der Waals surface area contributed by atoms with E-state index in [0.717, 1.165) is 23.7 Å². The maximum Gasteiger partial charge on any atom is 0.410 e. The van der Waals surface area contributed by atoms with Crippen LogP contribution in [0.3, 0.4) is 0 Å². The molecule has 3 aromatic rings. The minimum absolute atomic E-state index is 0.143. The van der Waals surface area contributed by atoms with Gasteiger partial charge >= 0.3 is 6.09 Å². The molecule has 192 valence electrons. The van der Waals surface area contributed by atoms with Crippen molar-refractivity contribution in [3.8, 4) is 0 Å². The highest BCUT2D eigenvalue weighted by atomic mass is 19.1. The van der Waals surface area contributed by atoms with Crippen molar-refractivity contribution in [3.05, 3.63) is 71.7 Å². The van der Waals surface area contributed by atoms with Crippen LogP contribution in [0.15, 0.2) is 54.7 Å². The number of carbonyl (C=O) groups is 2. The molecule has 7 nitrogen and oxygen atoms in total. The van der Waals surface area contributed by atoms with Crippen molar-refractivity contribution in [2.75, 3.05) is 26.3 Å². The number of nitrogens with one attached hydrogen (secondary N) is 2. The summed E-state index contributed by atoms with van der Waals surface area (Å²) >= 11 is 0. The Balaban J connectivity index is 1.34. The first-order chi connectivity index (χ1) is 17.2. The second-order valence-electron chi connectivity index (χ2n) is 10.3. The van der Waals surface area contributed by atoms with Gasteiger partial charge in [0.15, 0.2) is 0 Å². The first kappa shape index (κ1) is 25.7. The van der Waals surface area contributed by atoms with Gasteiger partial charge in [0.05, 0.1) is 12.6 Å². The molecule has 2 aromatic carbocycles. The van der Waals surface area contributed by atoms with Crippen molar-refractivity contribution in [1.82, 2.24) is 15.2 Å². The van der Waals surface area contributed by atoms with Crippen molar-refractivity contribution in [1.29, 1.82) is 0 Å². The van der Waals surface area contributed by atoms with E-state index < -0.39 is 17.5 Å². The number of ether oxygens (including phenoxy) is 2. The predicted octanol–water partition coefficient (Wildman–Crippen LogP) is 5.44. The van der Waals surface area contributed by atoms with Crippen LogP contribution in [0.2, 0.25) is 0 Å². The highest BCUT2D eigenvalue weighted by Gasteiger charge is 2.27. The van der Waals surface area contributed by atoms with Gasteiger partial charge in [-0.1, -0.05) is 24.3 Å². The number of aromatic nitrogens is 1. The second kappa shape index (κ2) is 11.1. The topological polar surface area (TPSA) is 83.7 Å². The van der Waals surface area contributed by atoms with Gasteiger partial charge in [0, 0.05) is 42.5 Å². The lowest BCUT2D eigenvalue weighted by Gasteiger charge is -2.33. The lowest BCUT2D eigenvalue weighted by atomic mass is 9.98. The Morgan fingerprint density at radius 2 is 1.89 bits per heavy atom. The van der Waals surface area contributed by atoms with Gasteiger partial charge in [-0.15, -0.1) is 0 Å². The maximum absolute atomic E-state index is 14.6. The van der Waals surface area contributed by atoms with Gasteiger partial charge in [0.2, 0.25) is 0 Å². The number of carbonyl (C=O) groups excluding carboxylic acids is 2. The Morgan fingerprint density at radius 3 is 2.61 bits per heavy atom. The smallest absolute Gasteiger partial charge is 0.410 e. The van der Waals surface area contributed by atoms with Crippen LogP contribution < -0.4 is 5.32 Å². The molecule has 0 saturated carbocycles. The normalized spacial score (nSPS) is 15.6. The number of halogens is 1. The Hall–Kier alpha value is -3.39. The molecule has 2 N–H and O–H groups in total. The second-order valence-corrected chi connectivity index (χ2v) is 10.3. The zero-order valence-corrected chi connectivity index (χ0v) is 21.1. The molecular formula is C28H34FN3O4. The quantitative estimate of drug-likeness (QED) is 0.457. The van der Waals surface area contributed by atoms with Gasteiger partial charge in [-0.3, -0.25) is 4.79 Å². The number of amides is 2. The number of H-pyrrole nitrogens is 1. The summed E-state index contributed by atoms with van der Waals surface area (Å²) in [7, 11) is 0. The lowest BCUT2D eigenvalue weighted by Crippen LogP contribution is -2.42. The number of hydrogen-bond acceptors (Lipinski definition) is 4. The standard InChI is InChI=1S/C28H34FN3O4/c1-28(2,3)36-27(34)32-14-11-19(12-15-32)17-35-18-25(22-6-4-5-7-23(22)29)31-26(33)21-9-8-20-10-13-30-24(20)16-21/h4-10,13,16,19,25,30H,11-12,14-15,17-18H2,1-3H3,(H,31,33). The summed E-state index contributed by atoms with van der Waals surface area (Å²) in [5.41, 5.74) is 1.21. The molecule has 1 aromatic heterocycles. The molecule has 0 spiro atoms. The van der Waals surface area contributed by atoms with Crippen LogP contribution in [0.1, 0.15) is 55.6 Å². The van der Waals surface area contributed by atoms with Crippen molar-refractivity contribution in [2.45, 2.75) is 45.3 Å². The van der Waals surface area contributed by atoms with Gasteiger partial charge in [-0.2, -0.15) is 0 Å². The molecule has 0 radical (unpaired) electrons. The van der Waals surface area contributed by atoms with E-state index in [1.54, 1.807) is 35.2 Å². The van der Waals surface area contributed by atoms with Crippen LogP contribution in [0.4, 0.5) is 9.18 Å². The molecule has 1 fully saturated rings. The molecule has 1 aliphatic rings. The van der Waals surface area contributed by atoms with E-state index in [1.807, 2.05) is 39.1 Å². The van der Waals surface area contributed by atoms with Gasteiger partial charge in [-0.25, -0.2) is 9.18 Å². The van der Waals surface area contributed by atoms with E-state index in [0.29, 0.717) is 30.8 Å². The molecule has 0 aliphatic carbocycles. The van der Waals surface area contributed by atoms with Crippen molar-refractivity contribution < 1.29 is 23.5 Å². The number of hydrogen-bond donors (Lipinski definition) is 2. The summed E-state index contributed by atoms with van der Waals surface area (Å²) < 4.78 is 26.1. The van der Waals surface area contributed by atoms with Crippen LogP contribution in [-0.2, 0) is 9.47 Å². The fraction of sp³-hybridized carbons (Fsp3) is 0.429. The van der Waals surface area contributed by atoms with E-state index >= 15 is 0 Å². The van der Waals surface area contributed by atoms with Gasteiger partial charge in [0.25, 0.3) is 5.91 Å². The molecule has 1 saturated heterocycles. The molecule has 1 unspecified atom stereocenters. The third kappa shape index (κ3) is 6.63. The van der Waals surface area contributed by atoms with E-state index in [9.17, 15) is 14.0 Å². The van der Waals surface area contributed by atoms with Gasteiger partial charge in [0.1, 0.15) is 11.4 Å². The Morgan fingerprint density at radius 1 is 1.14 bits per heavy atom. The third-order valence-corrected chi connectivity index (χ3v) is 6.31. The predicted molar refractivity (Wildman–Crippen MR) is 136 cm³/mol. The molecule has 2 heterocycles. The number of likely N-dealkylation sites (tertiary alicyclic amines) is 1. The Bertz CT molecular complexity index is 1190. The molecule has 8 heteroatoms. The van der Waals surface area contributed by atoms with Crippen LogP contribution in [0.25, 0.3) is 10.9 Å². The molecule has 2 amide bonds. The van der Waals surface area contributed by atoms with Crippen LogP contribution in [0.5, 0.6) is 0 Å². The molecule has 1 atom stereocenters. The highest BCUT2D eigenvalue weighted by molar-refractivity contribution is 5.98. The highest BCUT2D eigenvalue weighted by Crippen LogP contribution is 2.23. The van der Waals surface area contributed by atoms with Crippen LogP contribution >= 0.6 is 0 Å². The minimum atomic E-state index is -0.639. The first-order valence-electron chi connectivity index (χ1n) is 12.4. The maximum atomic E-state index is 14.6. The summed E-state index contributed by atoms with van der Waals surface area (Å²) in [6.07, 6.45) is 3.13. The summed E-state index contributed by atoms with van der Waals surface area (Å²) in [5.74, 6) is -0.415. The molecule has 0 bridgehead atoms. The van der Waals surface area contributed by atoms with Gasteiger partial charge < -0.3 is 24.7 Å². The van der Waals surface area contributed by atoms with E-state index in [-0.39, 0.29) is 24.5 Å². The SMILES string of the molecule is CC(C)(C)OC(=O)N1CCC(COCC(NC(=O)c2ccc3cc[nH]c3c2)c2ccccc2F)CC1. The average Bonchev–Trinajstić information content (AvgIpc) is 3.31. The van der Waals surface area contributed by atoms with E-state index in [2.05, 4.69) is 10.3 Å². The van der Waals surface area contributed by atoms with Crippen molar-refractivity contribution >= 4 is 22.9 Å². The summed E-state index contributed by atoms with van der Waals surface area (Å²) in [5, 5.41) is 3.95. The number of rotatable bonds is 7. The summed E-state index contributed by atoms with van der Waals surface area (Å²) in [6.45, 7) is 7.40. The fourth-order valence-corrected chi connectivity index (χ4v) is 4.36. The first-order valence-corrected chi connectivity index (χ1v) is 12.4. The van der Waals surface area contributed by atoms with Crippen LogP contribution in [-0.4, -0.2) is 53.8 Å². The Kier molecular flexibility index (Phi) is 7.94. The number of fused-ring (bicyclic) bond motifs is 1. The van der Waals surface area contributed by atoms with Gasteiger partial charge in [-0.05, 0) is 69.2 Å². The van der Waals surface area contributed by atoms with Crippen molar-refractivity contribution in [3.63, 3.8) is 0 Å². The average molecular weight is 496 g/mol. The third-order valence-electron chi connectivity index (χ3n) is 6.31. The number of piperidine rings is 1. The molecule has 4 rings (SSSR count). The molecule has 1 aliphatic heterocycles. The monoisotopic (exact) mass is 495 g/mol. The minimum Gasteiger partial charge on any atom is -0.444 e. The lowest BCUT2D eigenvalue weighted by molar-refractivity contribution is 0.0104. The molecule has 36 heavy (non-hydrogen) atoms. The number of aromatic amines is 1. The molecular weight excluding hydrogens is 461 g/mol. The summed E-state index contributed by atoms with van der Waals surface area (Å²) in [4.78, 5) is 30.1. The van der Waals surface area contributed by atoms with Crippen molar-refractivity contribution in [2.24, 2.45) is 5.92 Å². The fourth-order valence-electron chi connectivity index (χ4n) is 4.36. The summed E-state index contributed by atoms with van der Waals surface area (Å²) in [6, 6.07) is 13.1. The zero-order chi connectivity index (χ0) is 25.7. The van der Waals surface area contributed by atoms with E-state index in [1.165, 1.54) is 6.07 Å². The van der Waals surface area contributed by atoms with E-state index in [4.69, 9.17) is 9.47 Å². The largest absolute Gasteiger partial charge is 0.444 e. The van der Waals surface area contributed by atoms with Crippen LogP contribution in [0, 0.1) is 11.7 Å². The zero-order valence-electron chi connectivity index (χ0n) is 21.1. The Labute approximate surface area is 211 Å². The number of benzene rings is 2.